The van der Waals surface area contributed by atoms with Crippen molar-refractivity contribution in [2.24, 2.45) is 0 Å². The summed E-state index contributed by atoms with van der Waals surface area (Å²) >= 11 is 12.0. The molecule has 1 aliphatic heterocycles. The van der Waals surface area contributed by atoms with Gasteiger partial charge in [-0.15, -0.1) is 0 Å². The van der Waals surface area contributed by atoms with Crippen molar-refractivity contribution < 1.29 is 9.53 Å². The smallest absolute Gasteiger partial charge is 0.261 e. The van der Waals surface area contributed by atoms with Gasteiger partial charge in [0.2, 0.25) is 0 Å². The molecule has 0 aromatic heterocycles. The zero-order chi connectivity index (χ0) is 16.3. The minimum Gasteiger partial charge on any atom is -0.479 e. The third-order valence-corrected chi connectivity index (χ3v) is 4.69. The van der Waals surface area contributed by atoms with E-state index in [0.717, 1.165) is 19.5 Å². The lowest BCUT2D eigenvalue weighted by Crippen LogP contribution is -2.44. The Morgan fingerprint density at radius 3 is 2.73 bits per heavy atom. The van der Waals surface area contributed by atoms with Gasteiger partial charge in [0.05, 0.1) is 5.02 Å². The summed E-state index contributed by atoms with van der Waals surface area (Å²) < 4.78 is 5.63. The molecule has 122 valence electrons. The predicted molar refractivity (Wildman–Crippen MR) is 89.8 cm³/mol. The number of carbonyl (C=O) groups excluding carboxylic acids is 1. The first kappa shape index (κ1) is 17.4. The second-order valence-corrected chi connectivity index (χ2v) is 6.68. The minimum absolute atomic E-state index is 0.133. The Hall–Kier alpha value is -0.970. The summed E-state index contributed by atoms with van der Waals surface area (Å²) in [4.78, 5) is 14.6. The van der Waals surface area contributed by atoms with E-state index in [4.69, 9.17) is 27.9 Å². The van der Waals surface area contributed by atoms with Gasteiger partial charge in [0.25, 0.3) is 5.91 Å². The van der Waals surface area contributed by atoms with Gasteiger partial charge in [-0.1, -0.05) is 29.3 Å². The van der Waals surface area contributed by atoms with Crippen LogP contribution in [-0.2, 0) is 4.79 Å². The number of carbonyl (C=O) groups is 1. The van der Waals surface area contributed by atoms with Crippen LogP contribution < -0.4 is 10.1 Å². The number of rotatable bonds is 5. The van der Waals surface area contributed by atoms with Crippen molar-refractivity contribution in [2.45, 2.75) is 45.4 Å². The number of benzene rings is 1. The first-order valence-corrected chi connectivity index (χ1v) is 8.29. The molecule has 1 saturated heterocycles. The molecule has 6 heteroatoms. The fourth-order valence-electron chi connectivity index (χ4n) is 2.51. The van der Waals surface area contributed by atoms with Crippen LogP contribution in [0, 0.1) is 0 Å². The Bertz CT molecular complexity index is 537. The molecule has 1 aliphatic rings. The molecule has 1 heterocycles. The molecule has 0 spiro atoms. The van der Waals surface area contributed by atoms with Crippen molar-refractivity contribution >= 4 is 29.1 Å². The lowest BCUT2D eigenvalue weighted by molar-refractivity contribution is -0.127. The summed E-state index contributed by atoms with van der Waals surface area (Å²) in [7, 11) is 0. The number of halogens is 2. The van der Waals surface area contributed by atoms with E-state index in [-0.39, 0.29) is 11.9 Å². The maximum atomic E-state index is 12.2. The molecule has 0 bridgehead atoms. The summed E-state index contributed by atoms with van der Waals surface area (Å²) in [6.45, 7) is 7.93. The number of amides is 1. The lowest BCUT2D eigenvalue weighted by Gasteiger charge is -2.21. The highest BCUT2D eigenvalue weighted by molar-refractivity contribution is 6.42. The van der Waals surface area contributed by atoms with Gasteiger partial charge in [0, 0.05) is 25.2 Å². The van der Waals surface area contributed by atoms with Crippen LogP contribution in [-0.4, -0.2) is 42.1 Å². The normalized spacial score (nSPS) is 20.2. The largest absolute Gasteiger partial charge is 0.479 e. The zero-order valence-corrected chi connectivity index (χ0v) is 14.6. The number of hydrogen-bond donors (Lipinski definition) is 1. The third kappa shape index (κ3) is 4.28. The Labute approximate surface area is 141 Å². The number of nitrogens with one attached hydrogen (secondary N) is 1. The van der Waals surface area contributed by atoms with Crippen molar-refractivity contribution in [3.05, 3.63) is 28.2 Å². The first-order chi connectivity index (χ1) is 10.4. The van der Waals surface area contributed by atoms with Crippen LogP contribution in [0.1, 0.15) is 27.2 Å². The topological polar surface area (TPSA) is 41.6 Å². The summed E-state index contributed by atoms with van der Waals surface area (Å²) in [6.07, 6.45) is 0.346. The van der Waals surface area contributed by atoms with E-state index in [1.54, 1.807) is 25.1 Å². The maximum absolute atomic E-state index is 12.2. The number of ether oxygens (including phenoxy) is 1. The second kappa shape index (κ2) is 7.53. The summed E-state index contributed by atoms with van der Waals surface area (Å²) in [5.41, 5.74) is 0. The Morgan fingerprint density at radius 1 is 1.36 bits per heavy atom. The SMILES string of the molecule is CC(C)N1CC[C@H](NC(=O)[C@@H](C)Oc2cccc(Cl)c2Cl)C1. The standard InChI is InChI=1S/C16H22Cl2N2O2/c1-10(2)20-8-7-12(9-20)19-16(21)11(3)22-14-6-4-5-13(17)15(14)18/h4-6,10-12H,7-9H2,1-3H3,(H,19,21)/t11-,12+/m1/s1. The molecule has 0 radical (unpaired) electrons. The van der Waals surface area contributed by atoms with E-state index in [1.807, 2.05) is 0 Å². The lowest BCUT2D eigenvalue weighted by atomic mass is 10.2. The predicted octanol–water partition coefficient (Wildman–Crippen LogP) is 3.36. The number of likely N-dealkylation sites (tertiary alicyclic amines) is 1. The number of hydrogen-bond acceptors (Lipinski definition) is 3. The van der Waals surface area contributed by atoms with E-state index in [2.05, 4.69) is 24.1 Å². The molecule has 0 aliphatic carbocycles. The van der Waals surface area contributed by atoms with Crippen LogP contribution in [0.2, 0.25) is 10.0 Å². The van der Waals surface area contributed by atoms with Gasteiger partial charge >= 0.3 is 0 Å². The van der Waals surface area contributed by atoms with Crippen molar-refractivity contribution in [3.63, 3.8) is 0 Å². The van der Waals surface area contributed by atoms with E-state index >= 15 is 0 Å². The first-order valence-electron chi connectivity index (χ1n) is 7.53. The van der Waals surface area contributed by atoms with E-state index in [9.17, 15) is 4.79 Å². The van der Waals surface area contributed by atoms with Gasteiger partial charge in [0.15, 0.2) is 6.10 Å². The van der Waals surface area contributed by atoms with Crippen LogP contribution in [0.4, 0.5) is 0 Å². The van der Waals surface area contributed by atoms with Crippen LogP contribution in [0.5, 0.6) is 5.75 Å². The van der Waals surface area contributed by atoms with Crippen molar-refractivity contribution in [3.8, 4) is 5.75 Å². The van der Waals surface area contributed by atoms with Gasteiger partial charge < -0.3 is 10.1 Å². The highest BCUT2D eigenvalue weighted by atomic mass is 35.5. The Morgan fingerprint density at radius 2 is 2.09 bits per heavy atom. The fourth-order valence-corrected chi connectivity index (χ4v) is 2.85. The summed E-state index contributed by atoms with van der Waals surface area (Å²) in [6, 6.07) is 5.80. The fraction of sp³-hybridized carbons (Fsp3) is 0.562. The van der Waals surface area contributed by atoms with Crippen molar-refractivity contribution in [1.29, 1.82) is 0 Å². The molecule has 0 unspecified atom stereocenters. The zero-order valence-electron chi connectivity index (χ0n) is 13.1. The number of nitrogens with zero attached hydrogens (tertiary/aromatic N) is 1. The van der Waals surface area contributed by atoms with Crippen molar-refractivity contribution in [1.82, 2.24) is 10.2 Å². The minimum atomic E-state index is -0.621. The third-order valence-electron chi connectivity index (χ3n) is 3.89. The highest BCUT2D eigenvalue weighted by Crippen LogP contribution is 2.32. The Balaban J connectivity index is 1.89. The molecule has 2 atom stereocenters. The molecule has 1 N–H and O–H groups in total. The van der Waals surface area contributed by atoms with E-state index < -0.39 is 6.10 Å². The highest BCUT2D eigenvalue weighted by Gasteiger charge is 2.27. The van der Waals surface area contributed by atoms with E-state index in [1.165, 1.54) is 0 Å². The quantitative estimate of drug-likeness (QED) is 0.890. The van der Waals surface area contributed by atoms with Crippen LogP contribution >= 0.6 is 23.2 Å². The van der Waals surface area contributed by atoms with Gasteiger partial charge in [-0.2, -0.15) is 0 Å². The molecule has 1 aromatic rings. The molecule has 4 nitrogen and oxygen atoms in total. The van der Waals surface area contributed by atoms with Gasteiger partial charge in [-0.05, 0) is 39.3 Å². The molecule has 0 saturated carbocycles. The Kier molecular flexibility index (Phi) is 5.95. The van der Waals surface area contributed by atoms with E-state index in [0.29, 0.717) is 21.8 Å². The monoisotopic (exact) mass is 344 g/mol. The second-order valence-electron chi connectivity index (χ2n) is 5.89. The van der Waals surface area contributed by atoms with Crippen LogP contribution in [0.25, 0.3) is 0 Å². The molecule has 1 fully saturated rings. The maximum Gasteiger partial charge on any atom is 0.261 e. The van der Waals surface area contributed by atoms with Crippen LogP contribution in [0.3, 0.4) is 0 Å². The van der Waals surface area contributed by atoms with Crippen molar-refractivity contribution in [2.75, 3.05) is 13.1 Å². The summed E-state index contributed by atoms with van der Waals surface area (Å²) in [5, 5.41) is 3.78. The molecular weight excluding hydrogens is 323 g/mol. The van der Waals surface area contributed by atoms with Crippen LogP contribution in [0.15, 0.2) is 18.2 Å². The molecule has 1 aromatic carbocycles. The average Bonchev–Trinajstić information content (AvgIpc) is 2.92. The molecule has 22 heavy (non-hydrogen) atoms. The summed E-state index contributed by atoms with van der Waals surface area (Å²) in [5.74, 6) is 0.290. The molecule has 2 rings (SSSR count). The van der Waals surface area contributed by atoms with Gasteiger partial charge in [0.1, 0.15) is 10.8 Å². The molecular formula is C16H22Cl2N2O2. The van der Waals surface area contributed by atoms with Gasteiger partial charge in [-0.3, -0.25) is 9.69 Å². The van der Waals surface area contributed by atoms with Gasteiger partial charge in [-0.25, -0.2) is 0 Å². The average molecular weight is 345 g/mol. The molecule has 1 amide bonds.